The predicted molar refractivity (Wildman–Crippen MR) is 153 cm³/mol. The molecule has 2 unspecified atom stereocenters. The minimum absolute atomic E-state index is 0.0739. The Bertz CT molecular complexity index is 1100. The average Bonchev–Trinajstić information content (AvgIpc) is 2.84. The molecule has 10 heteroatoms. The second-order valence-electron chi connectivity index (χ2n) is 9.29. The normalized spacial score (nSPS) is 13.9. The number of hydrogen-bond donors (Lipinski definition) is 2. The van der Waals surface area contributed by atoms with Crippen molar-refractivity contribution >= 4 is 39.4 Å². The minimum Gasteiger partial charge on any atom is -0.478 e. The third-order valence-corrected chi connectivity index (χ3v) is 7.44. The summed E-state index contributed by atoms with van der Waals surface area (Å²) in [5.74, 6) is 2.58. The van der Waals surface area contributed by atoms with Crippen molar-refractivity contribution in [2.45, 2.75) is 66.1 Å². The van der Waals surface area contributed by atoms with Crippen molar-refractivity contribution in [1.82, 2.24) is 15.0 Å². The third kappa shape index (κ3) is 8.51. The topological polar surface area (TPSA) is 98.3 Å². The fraction of sp³-hybridized carbons (Fsp3) is 0.500. The van der Waals surface area contributed by atoms with Crippen molar-refractivity contribution in [2.24, 2.45) is 5.92 Å². The van der Waals surface area contributed by atoms with E-state index in [-0.39, 0.29) is 5.92 Å². The Morgan fingerprint density at radius 3 is 2.53 bits per heavy atom. The lowest BCUT2D eigenvalue weighted by molar-refractivity contribution is 0.320. The lowest BCUT2D eigenvalue weighted by Gasteiger charge is -2.22. The standard InChI is InChI=1S/C26H39N5O3S2/c1-10-15-27-25-28-16-14-19(29-25)23(35-17(3)4)22(18(5)11-2)34-20-12-13-21(30-24(20)33-9)31-36(32)26(6,7)8/h12-14,16,18H,3,10-11,15H2,1-2,4-9H3,(H,30,31)(H,27,28,29)/b23-22+. The van der Waals surface area contributed by atoms with Crippen molar-refractivity contribution in [1.29, 1.82) is 0 Å². The Labute approximate surface area is 222 Å². The number of thioether (sulfide) groups is 1. The number of ether oxygens (including phenoxy) is 2. The van der Waals surface area contributed by atoms with Crippen LogP contribution in [0.1, 0.15) is 67.0 Å². The number of aromatic nitrogens is 3. The second kappa shape index (κ2) is 13.6. The molecule has 0 radical (unpaired) electrons. The highest BCUT2D eigenvalue weighted by atomic mass is 32.2. The summed E-state index contributed by atoms with van der Waals surface area (Å²) < 4.78 is 27.1. The van der Waals surface area contributed by atoms with E-state index in [2.05, 4.69) is 47.4 Å². The molecule has 0 amide bonds. The first kappa shape index (κ1) is 29.6. The van der Waals surface area contributed by atoms with Gasteiger partial charge in [0.1, 0.15) is 22.6 Å². The molecule has 0 aliphatic rings. The SMILES string of the molecule is C=C(C)S/C(=C(/Oc1ccc(NS(=O)C(C)(C)C)nc1OC)C(C)CC)c1ccnc(NCCC)n1. The van der Waals surface area contributed by atoms with Gasteiger partial charge < -0.3 is 14.8 Å². The molecule has 0 saturated heterocycles. The zero-order valence-corrected chi connectivity index (χ0v) is 24.2. The Balaban J connectivity index is 2.55. The van der Waals surface area contributed by atoms with Gasteiger partial charge in [-0.1, -0.05) is 39.1 Å². The highest BCUT2D eigenvalue weighted by Crippen LogP contribution is 2.40. The molecule has 198 valence electrons. The van der Waals surface area contributed by atoms with Crippen LogP contribution in [0.5, 0.6) is 11.6 Å². The number of pyridine rings is 1. The van der Waals surface area contributed by atoms with Gasteiger partial charge in [-0.15, -0.1) is 0 Å². The molecule has 0 spiro atoms. The van der Waals surface area contributed by atoms with Gasteiger partial charge in [-0.05, 0) is 63.6 Å². The molecule has 36 heavy (non-hydrogen) atoms. The molecule has 2 atom stereocenters. The number of methoxy groups -OCH3 is 1. The van der Waals surface area contributed by atoms with Crippen molar-refractivity contribution < 1.29 is 13.7 Å². The van der Waals surface area contributed by atoms with Crippen LogP contribution in [0.2, 0.25) is 0 Å². The van der Waals surface area contributed by atoms with Gasteiger partial charge in [0.2, 0.25) is 5.95 Å². The summed E-state index contributed by atoms with van der Waals surface area (Å²) in [5.41, 5.74) is 0.748. The van der Waals surface area contributed by atoms with Crippen LogP contribution in [0.15, 0.2) is 41.6 Å². The van der Waals surface area contributed by atoms with Gasteiger partial charge in [0.25, 0.3) is 5.88 Å². The van der Waals surface area contributed by atoms with Gasteiger partial charge in [-0.3, -0.25) is 4.72 Å². The van der Waals surface area contributed by atoms with Crippen LogP contribution in [-0.2, 0) is 11.0 Å². The molecular weight excluding hydrogens is 494 g/mol. The predicted octanol–water partition coefficient (Wildman–Crippen LogP) is 6.64. The van der Waals surface area contributed by atoms with Gasteiger partial charge >= 0.3 is 0 Å². The first-order valence-electron chi connectivity index (χ1n) is 12.1. The fourth-order valence-corrected chi connectivity index (χ4v) is 4.36. The van der Waals surface area contributed by atoms with Crippen LogP contribution in [0, 0.1) is 5.92 Å². The zero-order chi connectivity index (χ0) is 26.9. The van der Waals surface area contributed by atoms with E-state index in [0.29, 0.717) is 23.4 Å². The first-order valence-corrected chi connectivity index (χ1v) is 14.0. The molecule has 0 fully saturated rings. The van der Waals surface area contributed by atoms with Crippen molar-refractivity contribution in [3.8, 4) is 11.6 Å². The largest absolute Gasteiger partial charge is 0.478 e. The highest BCUT2D eigenvalue weighted by molar-refractivity contribution is 8.11. The van der Waals surface area contributed by atoms with Crippen LogP contribution in [0.25, 0.3) is 4.91 Å². The van der Waals surface area contributed by atoms with Crippen LogP contribution >= 0.6 is 11.8 Å². The lowest BCUT2D eigenvalue weighted by atomic mass is 10.1. The van der Waals surface area contributed by atoms with E-state index in [0.717, 1.165) is 40.6 Å². The molecular formula is C26H39N5O3S2. The maximum absolute atomic E-state index is 12.5. The Hall–Kier alpha value is -2.59. The van der Waals surface area contributed by atoms with Crippen LogP contribution in [0.4, 0.5) is 11.8 Å². The van der Waals surface area contributed by atoms with Crippen molar-refractivity contribution in [3.05, 3.63) is 47.3 Å². The summed E-state index contributed by atoms with van der Waals surface area (Å²) in [4.78, 5) is 15.3. The minimum atomic E-state index is -1.32. The molecule has 8 nitrogen and oxygen atoms in total. The van der Waals surface area contributed by atoms with Gasteiger partial charge in [0, 0.05) is 18.7 Å². The maximum atomic E-state index is 12.5. The van der Waals surface area contributed by atoms with Crippen LogP contribution < -0.4 is 19.5 Å². The molecule has 0 aromatic carbocycles. The molecule has 2 N–H and O–H groups in total. The monoisotopic (exact) mass is 533 g/mol. The Kier molecular flexibility index (Phi) is 11.2. The Morgan fingerprint density at radius 2 is 1.94 bits per heavy atom. The highest BCUT2D eigenvalue weighted by Gasteiger charge is 2.24. The van der Waals surface area contributed by atoms with Gasteiger partial charge in [-0.25, -0.2) is 14.2 Å². The number of anilines is 2. The molecule has 2 aromatic rings. The average molecular weight is 534 g/mol. The van der Waals surface area contributed by atoms with E-state index in [1.165, 1.54) is 18.9 Å². The van der Waals surface area contributed by atoms with Crippen LogP contribution in [0.3, 0.4) is 0 Å². The molecule has 0 aliphatic heterocycles. The van der Waals surface area contributed by atoms with E-state index >= 15 is 0 Å². The van der Waals surface area contributed by atoms with E-state index < -0.39 is 15.7 Å². The first-order chi connectivity index (χ1) is 17.0. The number of hydrogen-bond acceptors (Lipinski definition) is 8. The molecule has 2 rings (SSSR count). The van der Waals surface area contributed by atoms with Gasteiger partial charge in [0.15, 0.2) is 5.75 Å². The van der Waals surface area contributed by atoms with Crippen molar-refractivity contribution in [3.63, 3.8) is 0 Å². The Morgan fingerprint density at radius 1 is 1.22 bits per heavy atom. The summed E-state index contributed by atoms with van der Waals surface area (Å²) in [6.45, 7) is 18.8. The molecule has 0 bridgehead atoms. The van der Waals surface area contributed by atoms with Crippen molar-refractivity contribution in [2.75, 3.05) is 23.7 Å². The smallest absolute Gasteiger partial charge is 0.259 e. The molecule has 0 saturated carbocycles. The van der Waals surface area contributed by atoms with Gasteiger partial charge in [-0.2, -0.15) is 4.98 Å². The zero-order valence-electron chi connectivity index (χ0n) is 22.6. The summed E-state index contributed by atoms with van der Waals surface area (Å²) in [6, 6.07) is 5.38. The number of rotatable bonds is 13. The van der Waals surface area contributed by atoms with Gasteiger partial charge in [0.05, 0.1) is 22.5 Å². The van der Waals surface area contributed by atoms with E-state index in [9.17, 15) is 4.21 Å². The number of nitrogens with zero attached hydrogens (tertiary/aromatic N) is 3. The summed E-state index contributed by atoms with van der Waals surface area (Å²) in [6.07, 6.45) is 3.56. The number of allylic oxidation sites excluding steroid dienone is 2. The van der Waals surface area contributed by atoms with Crippen LogP contribution in [-0.4, -0.2) is 37.6 Å². The summed E-state index contributed by atoms with van der Waals surface area (Å²) >= 11 is 1.51. The summed E-state index contributed by atoms with van der Waals surface area (Å²) in [7, 11) is 0.214. The van der Waals surface area contributed by atoms with E-state index in [4.69, 9.17) is 14.5 Å². The molecule has 2 heterocycles. The quantitative estimate of drug-likeness (QED) is 0.277. The number of nitrogens with one attached hydrogen (secondary N) is 2. The van der Waals surface area contributed by atoms with E-state index in [1.807, 2.05) is 33.8 Å². The molecule has 0 aliphatic carbocycles. The molecule has 2 aromatic heterocycles. The lowest BCUT2D eigenvalue weighted by Crippen LogP contribution is -2.27. The second-order valence-corrected chi connectivity index (χ2v) is 12.6. The maximum Gasteiger partial charge on any atom is 0.259 e. The summed E-state index contributed by atoms with van der Waals surface area (Å²) in [5, 5.41) is 3.25. The van der Waals surface area contributed by atoms with E-state index in [1.54, 1.807) is 18.3 Å². The third-order valence-electron chi connectivity index (χ3n) is 4.97. The fourth-order valence-electron chi connectivity index (χ4n) is 2.84.